The van der Waals surface area contributed by atoms with E-state index in [0.717, 1.165) is 30.7 Å². The molecule has 0 aliphatic rings. The topological polar surface area (TPSA) is 27.1 Å². The largest absolute Gasteiger partial charge is 0.490 e. The highest BCUT2D eigenvalue weighted by atomic mass is 79.9. The monoisotopic (exact) mass is 316 g/mol. The summed E-state index contributed by atoms with van der Waals surface area (Å²) in [4.78, 5) is 0. The van der Waals surface area contributed by atoms with Crippen LogP contribution in [-0.4, -0.2) is 21.7 Å². The van der Waals surface area contributed by atoms with Crippen molar-refractivity contribution in [1.82, 2.24) is 9.78 Å². The Morgan fingerprint density at radius 1 is 1.11 bits per heavy atom. The second-order valence-corrected chi connectivity index (χ2v) is 5.34. The molecule has 1 heterocycles. The van der Waals surface area contributed by atoms with Gasteiger partial charge in [-0.2, -0.15) is 5.10 Å². The minimum absolute atomic E-state index is 0.816. The molecule has 0 amide bonds. The molecule has 0 N–H and O–H groups in total. The molecular formula is C14H25BrN2O. The zero-order valence-corrected chi connectivity index (χ0v) is 13.0. The van der Waals surface area contributed by atoms with E-state index in [1.807, 2.05) is 10.9 Å². The van der Waals surface area contributed by atoms with E-state index in [4.69, 9.17) is 4.74 Å². The molecular weight excluding hydrogens is 292 g/mol. The summed E-state index contributed by atoms with van der Waals surface area (Å²) in [6.45, 7) is 3.79. The minimum atomic E-state index is 0.816. The molecule has 0 unspecified atom stereocenters. The van der Waals surface area contributed by atoms with Crippen molar-refractivity contribution in [2.45, 2.75) is 58.4 Å². The maximum absolute atomic E-state index is 5.64. The average Bonchev–Trinajstić information content (AvgIpc) is 2.85. The number of unbranched alkanes of at least 4 members (excludes halogenated alkanes) is 6. The summed E-state index contributed by atoms with van der Waals surface area (Å²) < 4.78 is 7.53. The van der Waals surface area contributed by atoms with Gasteiger partial charge < -0.3 is 4.74 Å². The summed E-state index contributed by atoms with van der Waals surface area (Å²) in [5.74, 6) is 0.897. The number of nitrogens with zero attached hydrogens (tertiary/aromatic N) is 2. The Morgan fingerprint density at radius 2 is 1.78 bits per heavy atom. The first kappa shape index (κ1) is 15.5. The van der Waals surface area contributed by atoms with Crippen molar-refractivity contribution in [2.24, 2.45) is 0 Å². The zero-order valence-electron chi connectivity index (χ0n) is 11.4. The van der Waals surface area contributed by atoms with Crippen molar-refractivity contribution in [3.05, 3.63) is 12.4 Å². The molecule has 104 valence electrons. The molecule has 1 aromatic heterocycles. The smallest absolute Gasteiger partial charge is 0.157 e. The van der Waals surface area contributed by atoms with Crippen LogP contribution in [0.1, 0.15) is 51.9 Å². The van der Waals surface area contributed by atoms with Crippen molar-refractivity contribution >= 4 is 15.9 Å². The highest BCUT2D eigenvalue weighted by Crippen LogP contribution is 2.11. The third-order valence-corrected chi connectivity index (χ3v) is 3.54. The maximum Gasteiger partial charge on any atom is 0.157 e. The molecule has 0 bridgehead atoms. The number of ether oxygens (including phenoxy) is 1. The Labute approximate surface area is 119 Å². The number of rotatable bonds is 11. The van der Waals surface area contributed by atoms with Gasteiger partial charge in [0.2, 0.25) is 0 Å². The number of aryl methyl sites for hydroxylation is 1. The molecule has 0 atom stereocenters. The maximum atomic E-state index is 5.64. The van der Waals surface area contributed by atoms with E-state index in [9.17, 15) is 0 Å². The molecule has 0 aliphatic heterocycles. The predicted molar refractivity (Wildman–Crippen MR) is 79.5 cm³/mol. The highest BCUT2D eigenvalue weighted by Gasteiger charge is 1.97. The van der Waals surface area contributed by atoms with Gasteiger partial charge in [-0.05, 0) is 19.8 Å². The second kappa shape index (κ2) is 10.4. The average molecular weight is 317 g/mol. The van der Waals surface area contributed by atoms with Gasteiger partial charge in [0, 0.05) is 11.9 Å². The number of halogens is 1. The van der Waals surface area contributed by atoms with E-state index in [0.29, 0.717) is 0 Å². The number of hydrogen-bond donors (Lipinski definition) is 0. The number of aromatic nitrogens is 2. The lowest BCUT2D eigenvalue weighted by molar-refractivity contribution is 0.304. The first-order valence-electron chi connectivity index (χ1n) is 7.08. The summed E-state index contributed by atoms with van der Waals surface area (Å²) in [5, 5.41) is 5.32. The molecule has 0 aromatic carbocycles. The van der Waals surface area contributed by atoms with E-state index in [-0.39, 0.29) is 0 Å². The fraction of sp³-hybridized carbons (Fsp3) is 0.786. The van der Waals surface area contributed by atoms with Gasteiger partial charge in [-0.15, -0.1) is 0 Å². The van der Waals surface area contributed by atoms with Crippen LogP contribution in [-0.2, 0) is 6.54 Å². The Kier molecular flexibility index (Phi) is 9.00. The molecule has 0 saturated carbocycles. The molecule has 1 rings (SSSR count). The lowest BCUT2D eigenvalue weighted by atomic mass is 10.1. The van der Waals surface area contributed by atoms with Crippen LogP contribution in [0, 0.1) is 0 Å². The zero-order chi connectivity index (χ0) is 13.1. The minimum Gasteiger partial charge on any atom is -0.490 e. The summed E-state index contributed by atoms with van der Waals surface area (Å²) in [6.07, 6.45) is 12.9. The lowest BCUT2D eigenvalue weighted by Gasteiger charge is -2.03. The van der Waals surface area contributed by atoms with Crippen LogP contribution < -0.4 is 4.74 Å². The summed E-state index contributed by atoms with van der Waals surface area (Å²) in [5.41, 5.74) is 0. The van der Waals surface area contributed by atoms with Crippen molar-refractivity contribution in [2.75, 3.05) is 11.9 Å². The van der Waals surface area contributed by atoms with Gasteiger partial charge in [0.15, 0.2) is 5.75 Å². The van der Waals surface area contributed by atoms with E-state index in [1.165, 1.54) is 38.5 Å². The third-order valence-electron chi connectivity index (χ3n) is 2.98. The standard InChI is InChI=1S/C14H25BrN2O/c1-2-17-13-14(12-16-17)18-11-9-7-5-3-4-6-8-10-15/h12-13H,2-11H2,1H3. The van der Waals surface area contributed by atoms with Gasteiger partial charge in [-0.25, -0.2) is 0 Å². The van der Waals surface area contributed by atoms with Crippen LogP contribution in [0.15, 0.2) is 12.4 Å². The van der Waals surface area contributed by atoms with Gasteiger partial charge >= 0.3 is 0 Å². The van der Waals surface area contributed by atoms with Crippen LogP contribution >= 0.6 is 15.9 Å². The molecule has 0 saturated heterocycles. The van der Waals surface area contributed by atoms with Gasteiger partial charge in [0.25, 0.3) is 0 Å². The van der Waals surface area contributed by atoms with Gasteiger partial charge in [0.05, 0.1) is 19.0 Å². The molecule has 18 heavy (non-hydrogen) atoms. The second-order valence-electron chi connectivity index (χ2n) is 4.54. The molecule has 0 aliphatic carbocycles. The third kappa shape index (κ3) is 7.04. The van der Waals surface area contributed by atoms with E-state index in [2.05, 4.69) is 28.0 Å². The fourth-order valence-electron chi connectivity index (χ4n) is 1.86. The molecule has 4 heteroatoms. The molecule has 0 fully saturated rings. The summed E-state index contributed by atoms with van der Waals surface area (Å²) in [7, 11) is 0. The Balaban J connectivity index is 1.89. The van der Waals surface area contributed by atoms with Gasteiger partial charge in [-0.3, -0.25) is 4.68 Å². The van der Waals surface area contributed by atoms with Gasteiger partial charge in [0.1, 0.15) is 0 Å². The molecule has 1 aromatic rings. The highest BCUT2D eigenvalue weighted by molar-refractivity contribution is 9.09. The first-order valence-corrected chi connectivity index (χ1v) is 8.20. The number of alkyl halides is 1. The van der Waals surface area contributed by atoms with Crippen molar-refractivity contribution in [1.29, 1.82) is 0 Å². The van der Waals surface area contributed by atoms with E-state index < -0.39 is 0 Å². The van der Waals surface area contributed by atoms with Crippen LogP contribution in [0.5, 0.6) is 5.75 Å². The SMILES string of the molecule is CCn1cc(OCCCCCCCCCBr)cn1. The van der Waals surface area contributed by atoms with Crippen LogP contribution in [0.3, 0.4) is 0 Å². The Hall–Kier alpha value is -0.510. The Bertz CT molecular complexity index is 302. The van der Waals surface area contributed by atoms with Crippen molar-refractivity contribution < 1.29 is 4.74 Å². The molecule has 0 radical (unpaired) electrons. The van der Waals surface area contributed by atoms with Crippen LogP contribution in [0.25, 0.3) is 0 Å². The normalized spacial score (nSPS) is 10.8. The molecule has 0 spiro atoms. The Morgan fingerprint density at radius 3 is 2.39 bits per heavy atom. The van der Waals surface area contributed by atoms with Crippen LogP contribution in [0.4, 0.5) is 0 Å². The van der Waals surface area contributed by atoms with E-state index in [1.54, 1.807) is 6.20 Å². The van der Waals surface area contributed by atoms with Crippen molar-refractivity contribution in [3.63, 3.8) is 0 Å². The summed E-state index contributed by atoms with van der Waals surface area (Å²) in [6, 6.07) is 0. The predicted octanol–water partition coefficient (Wildman–Crippen LogP) is 4.41. The number of hydrogen-bond acceptors (Lipinski definition) is 2. The fourth-order valence-corrected chi connectivity index (χ4v) is 2.26. The van der Waals surface area contributed by atoms with E-state index >= 15 is 0 Å². The first-order chi connectivity index (χ1) is 8.86. The van der Waals surface area contributed by atoms with Crippen LogP contribution in [0.2, 0.25) is 0 Å². The summed E-state index contributed by atoms with van der Waals surface area (Å²) >= 11 is 3.46. The van der Waals surface area contributed by atoms with Gasteiger partial charge in [-0.1, -0.05) is 48.0 Å². The van der Waals surface area contributed by atoms with Crippen molar-refractivity contribution in [3.8, 4) is 5.75 Å². The lowest BCUT2D eigenvalue weighted by Crippen LogP contribution is -1.97. The molecule has 3 nitrogen and oxygen atoms in total. The quantitative estimate of drug-likeness (QED) is 0.446.